The number of rotatable bonds is 5. The zero-order valence-corrected chi connectivity index (χ0v) is 16.2. The minimum absolute atomic E-state index is 0.111. The quantitative estimate of drug-likeness (QED) is 0.403. The highest BCUT2D eigenvalue weighted by Crippen LogP contribution is 2.22. The average molecular weight is 398 g/mol. The summed E-state index contributed by atoms with van der Waals surface area (Å²) in [6, 6.07) is 22.6. The van der Waals surface area contributed by atoms with Crippen molar-refractivity contribution in [2.45, 2.75) is 0 Å². The lowest BCUT2D eigenvalue weighted by atomic mass is 10.1. The summed E-state index contributed by atoms with van der Waals surface area (Å²) < 4.78 is 11.0. The van der Waals surface area contributed by atoms with Crippen molar-refractivity contribution in [1.29, 1.82) is 0 Å². The first-order valence-electron chi connectivity index (χ1n) is 9.25. The van der Waals surface area contributed by atoms with E-state index in [2.05, 4.69) is 10.5 Å². The Kier molecular flexibility index (Phi) is 5.39. The highest BCUT2D eigenvalue weighted by atomic mass is 16.5. The van der Waals surface area contributed by atoms with Crippen LogP contribution < -0.4 is 15.6 Å². The summed E-state index contributed by atoms with van der Waals surface area (Å²) in [5.74, 6) is 0.809. The second-order valence-corrected chi connectivity index (χ2v) is 6.52. The summed E-state index contributed by atoms with van der Waals surface area (Å²) in [6.07, 6.45) is 1.54. The van der Waals surface area contributed by atoms with E-state index in [4.69, 9.17) is 9.15 Å². The van der Waals surface area contributed by atoms with Gasteiger partial charge in [0.25, 0.3) is 5.91 Å². The standard InChI is InChI=1S/C24H18N2O4/c1-29-19-6-4-5-16(13-19)15-25-26-24(28)18-11-9-17(10-12-18)23-14-21(27)20-7-2-3-8-22(20)30-23/h2-15H,1H3,(H,26,28)/b25-15+. The van der Waals surface area contributed by atoms with Crippen LogP contribution in [0.1, 0.15) is 15.9 Å². The van der Waals surface area contributed by atoms with Crippen molar-refractivity contribution >= 4 is 23.1 Å². The Morgan fingerprint density at radius 2 is 1.80 bits per heavy atom. The van der Waals surface area contributed by atoms with Gasteiger partial charge in [0.15, 0.2) is 5.43 Å². The molecule has 0 spiro atoms. The van der Waals surface area contributed by atoms with Gasteiger partial charge in [0.1, 0.15) is 17.1 Å². The number of nitrogens with zero attached hydrogens (tertiary/aromatic N) is 1. The molecule has 1 aromatic heterocycles. The molecule has 0 aliphatic carbocycles. The van der Waals surface area contributed by atoms with Gasteiger partial charge in [-0.25, -0.2) is 5.43 Å². The molecule has 0 aliphatic rings. The number of fused-ring (bicyclic) bond motifs is 1. The number of nitrogens with one attached hydrogen (secondary N) is 1. The Morgan fingerprint density at radius 1 is 1.00 bits per heavy atom. The van der Waals surface area contributed by atoms with Crippen LogP contribution in [0.5, 0.6) is 5.75 Å². The van der Waals surface area contributed by atoms with Crippen LogP contribution in [0.25, 0.3) is 22.3 Å². The van der Waals surface area contributed by atoms with E-state index in [-0.39, 0.29) is 11.3 Å². The van der Waals surface area contributed by atoms with Gasteiger partial charge in [0.2, 0.25) is 0 Å². The summed E-state index contributed by atoms with van der Waals surface area (Å²) in [4.78, 5) is 24.6. The maximum atomic E-state index is 12.3. The third kappa shape index (κ3) is 4.12. The van der Waals surface area contributed by atoms with Crippen LogP contribution in [0.2, 0.25) is 0 Å². The van der Waals surface area contributed by atoms with Crippen LogP contribution in [0.3, 0.4) is 0 Å². The summed E-state index contributed by atoms with van der Waals surface area (Å²) in [5.41, 5.74) is 4.85. The van der Waals surface area contributed by atoms with E-state index in [1.54, 1.807) is 55.8 Å². The molecule has 1 heterocycles. The molecule has 148 valence electrons. The Bertz CT molecular complexity index is 1290. The fourth-order valence-electron chi connectivity index (χ4n) is 2.98. The van der Waals surface area contributed by atoms with Gasteiger partial charge >= 0.3 is 0 Å². The highest BCUT2D eigenvalue weighted by molar-refractivity contribution is 5.95. The lowest BCUT2D eigenvalue weighted by Gasteiger charge is -2.05. The maximum Gasteiger partial charge on any atom is 0.271 e. The summed E-state index contributed by atoms with van der Waals surface area (Å²) in [7, 11) is 1.59. The molecule has 0 saturated carbocycles. The van der Waals surface area contributed by atoms with Crippen molar-refractivity contribution in [3.05, 3.63) is 100 Å². The fourth-order valence-corrected chi connectivity index (χ4v) is 2.98. The summed E-state index contributed by atoms with van der Waals surface area (Å²) in [5, 5.41) is 4.51. The van der Waals surface area contributed by atoms with E-state index < -0.39 is 0 Å². The van der Waals surface area contributed by atoms with Crippen LogP contribution in [0.15, 0.2) is 93.2 Å². The van der Waals surface area contributed by atoms with Gasteiger partial charge in [-0.15, -0.1) is 0 Å². The van der Waals surface area contributed by atoms with Crippen LogP contribution in [-0.4, -0.2) is 19.2 Å². The first kappa shape index (κ1) is 19.1. The van der Waals surface area contributed by atoms with Crippen LogP contribution in [-0.2, 0) is 0 Å². The largest absolute Gasteiger partial charge is 0.497 e. The molecule has 0 bridgehead atoms. The van der Waals surface area contributed by atoms with Gasteiger partial charge in [-0.3, -0.25) is 9.59 Å². The fraction of sp³-hybridized carbons (Fsp3) is 0.0417. The van der Waals surface area contributed by atoms with E-state index >= 15 is 0 Å². The Labute approximate surface area is 172 Å². The zero-order chi connectivity index (χ0) is 20.9. The second kappa shape index (κ2) is 8.45. The van der Waals surface area contributed by atoms with E-state index in [1.165, 1.54) is 6.07 Å². The van der Waals surface area contributed by atoms with Crippen LogP contribution >= 0.6 is 0 Å². The molecule has 3 aromatic carbocycles. The van der Waals surface area contributed by atoms with Gasteiger partial charge in [-0.05, 0) is 42.0 Å². The van der Waals surface area contributed by atoms with Crippen LogP contribution in [0, 0.1) is 0 Å². The number of carbonyl (C=O) groups is 1. The summed E-state index contributed by atoms with van der Waals surface area (Å²) >= 11 is 0. The number of hydrogen-bond donors (Lipinski definition) is 1. The van der Waals surface area contributed by atoms with Gasteiger partial charge < -0.3 is 9.15 Å². The third-order valence-electron chi connectivity index (χ3n) is 4.54. The lowest BCUT2D eigenvalue weighted by Crippen LogP contribution is -2.17. The van der Waals surface area contributed by atoms with Crippen molar-refractivity contribution in [2.24, 2.45) is 5.10 Å². The Balaban J connectivity index is 1.48. The maximum absolute atomic E-state index is 12.3. The third-order valence-corrected chi connectivity index (χ3v) is 4.54. The van der Waals surface area contributed by atoms with Crippen molar-refractivity contribution in [1.82, 2.24) is 5.43 Å². The molecule has 4 rings (SSSR count). The van der Waals surface area contributed by atoms with E-state index in [0.717, 1.165) is 5.56 Å². The van der Waals surface area contributed by atoms with Crippen molar-refractivity contribution in [2.75, 3.05) is 7.11 Å². The van der Waals surface area contributed by atoms with Crippen molar-refractivity contribution in [3.8, 4) is 17.1 Å². The van der Waals surface area contributed by atoms with Crippen molar-refractivity contribution < 1.29 is 13.9 Å². The van der Waals surface area contributed by atoms with E-state index in [0.29, 0.717) is 33.6 Å². The molecule has 6 heteroatoms. The highest BCUT2D eigenvalue weighted by Gasteiger charge is 2.09. The zero-order valence-electron chi connectivity index (χ0n) is 16.2. The molecular formula is C24H18N2O4. The Morgan fingerprint density at radius 3 is 2.60 bits per heavy atom. The molecule has 0 atom stereocenters. The van der Waals surface area contributed by atoms with Gasteiger partial charge in [-0.1, -0.05) is 36.4 Å². The molecule has 1 N–H and O–H groups in total. The molecule has 0 aliphatic heterocycles. The minimum Gasteiger partial charge on any atom is -0.497 e. The number of amides is 1. The first-order valence-corrected chi connectivity index (χ1v) is 9.25. The van der Waals surface area contributed by atoms with E-state index in [1.807, 2.05) is 30.3 Å². The number of hydrogen-bond acceptors (Lipinski definition) is 5. The van der Waals surface area contributed by atoms with Gasteiger partial charge in [-0.2, -0.15) is 5.10 Å². The average Bonchev–Trinajstić information content (AvgIpc) is 2.79. The number of benzene rings is 3. The number of hydrazone groups is 1. The monoisotopic (exact) mass is 398 g/mol. The van der Waals surface area contributed by atoms with E-state index in [9.17, 15) is 9.59 Å². The predicted octanol–water partition coefficient (Wildman–Crippen LogP) is 4.23. The van der Waals surface area contributed by atoms with Crippen LogP contribution in [0.4, 0.5) is 0 Å². The van der Waals surface area contributed by atoms with Gasteiger partial charge in [0.05, 0.1) is 18.7 Å². The van der Waals surface area contributed by atoms with Gasteiger partial charge in [0, 0.05) is 17.2 Å². The Hall–Kier alpha value is -4.19. The lowest BCUT2D eigenvalue weighted by molar-refractivity contribution is 0.0955. The van der Waals surface area contributed by atoms with Crippen molar-refractivity contribution in [3.63, 3.8) is 0 Å². The number of ether oxygens (including phenoxy) is 1. The molecule has 30 heavy (non-hydrogen) atoms. The molecule has 0 fully saturated rings. The topological polar surface area (TPSA) is 80.9 Å². The number of carbonyl (C=O) groups excluding carboxylic acids is 1. The number of para-hydroxylation sites is 1. The molecule has 0 unspecified atom stereocenters. The predicted molar refractivity (Wildman–Crippen MR) is 116 cm³/mol. The smallest absolute Gasteiger partial charge is 0.271 e. The summed E-state index contributed by atoms with van der Waals surface area (Å²) in [6.45, 7) is 0. The molecule has 6 nitrogen and oxygen atoms in total. The SMILES string of the molecule is COc1cccc(/C=N/NC(=O)c2ccc(-c3cc(=O)c4ccccc4o3)cc2)c1. The minimum atomic E-state index is -0.347. The molecule has 4 aromatic rings. The second-order valence-electron chi connectivity index (χ2n) is 6.52. The molecular weight excluding hydrogens is 380 g/mol. The molecule has 0 saturated heterocycles. The molecule has 0 radical (unpaired) electrons. The first-order chi connectivity index (χ1) is 14.6. The molecule has 1 amide bonds. The number of methoxy groups -OCH3 is 1. The normalized spacial score (nSPS) is 11.0.